The van der Waals surface area contributed by atoms with Crippen LogP contribution in [0.5, 0.6) is 0 Å². The van der Waals surface area contributed by atoms with Crippen LogP contribution in [0.2, 0.25) is 5.02 Å². The number of amides is 1. The SMILES string of the molecule is COC(=O)c1c(NC(=O)c2cc3occc3n2Cc2ccccc2Cl)c(C)nn1C. The van der Waals surface area contributed by atoms with E-state index in [1.54, 1.807) is 38.4 Å². The summed E-state index contributed by atoms with van der Waals surface area (Å²) in [5, 5.41) is 7.63. The first-order valence-corrected chi connectivity index (χ1v) is 9.52. The molecule has 0 atom stereocenters. The Labute approximate surface area is 177 Å². The fourth-order valence-electron chi connectivity index (χ4n) is 3.45. The van der Waals surface area contributed by atoms with Crippen molar-refractivity contribution in [3.05, 3.63) is 70.3 Å². The molecule has 0 unspecified atom stereocenters. The van der Waals surface area contributed by atoms with Crippen LogP contribution in [0.3, 0.4) is 0 Å². The van der Waals surface area contributed by atoms with Crippen LogP contribution in [-0.2, 0) is 18.3 Å². The van der Waals surface area contributed by atoms with Gasteiger partial charge in [-0.2, -0.15) is 5.10 Å². The largest absolute Gasteiger partial charge is 0.464 e. The van der Waals surface area contributed by atoms with E-state index in [9.17, 15) is 9.59 Å². The van der Waals surface area contributed by atoms with Crippen molar-refractivity contribution < 1.29 is 18.7 Å². The Hall–Kier alpha value is -3.52. The van der Waals surface area contributed by atoms with Gasteiger partial charge in [0.25, 0.3) is 5.91 Å². The van der Waals surface area contributed by atoms with Gasteiger partial charge in [0.2, 0.25) is 0 Å². The summed E-state index contributed by atoms with van der Waals surface area (Å²) >= 11 is 6.32. The van der Waals surface area contributed by atoms with Crippen molar-refractivity contribution in [2.45, 2.75) is 13.5 Å². The normalized spacial score (nSPS) is 11.1. The number of aryl methyl sites for hydroxylation is 2. The fourth-order valence-corrected chi connectivity index (χ4v) is 3.64. The smallest absolute Gasteiger partial charge is 0.358 e. The summed E-state index contributed by atoms with van der Waals surface area (Å²) in [6.07, 6.45) is 1.57. The van der Waals surface area contributed by atoms with E-state index in [1.807, 2.05) is 22.8 Å². The zero-order valence-corrected chi connectivity index (χ0v) is 17.4. The molecule has 0 radical (unpaired) electrons. The Morgan fingerprint density at radius 2 is 2.03 bits per heavy atom. The summed E-state index contributed by atoms with van der Waals surface area (Å²) in [7, 11) is 2.89. The van der Waals surface area contributed by atoms with Crippen LogP contribution in [0.15, 0.2) is 47.1 Å². The van der Waals surface area contributed by atoms with Crippen LogP contribution in [0.4, 0.5) is 5.69 Å². The van der Waals surface area contributed by atoms with E-state index >= 15 is 0 Å². The van der Waals surface area contributed by atoms with Crippen LogP contribution >= 0.6 is 11.6 Å². The van der Waals surface area contributed by atoms with Crippen molar-refractivity contribution in [3.63, 3.8) is 0 Å². The lowest BCUT2D eigenvalue weighted by molar-refractivity contribution is 0.0589. The second kappa shape index (κ2) is 7.72. The molecule has 3 aromatic heterocycles. The lowest BCUT2D eigenvalue weighted by Crippen LogP contribution is -2.20. The number of carbonyl (C=O) groups excluding carboxylic acids is 2. The van der Waals surface area contributed by atoms with Crippen molar-refractivity contribution in [3.8, 4) is 0 Å². The van der Waals surface area contributed by atoms with Crippen molar-refractivity contribution in [2.75, 3.05) is 12.4 Å². The van der Waals surface area contributed by atoms with Crippen LogP contribution in [0, 0.1) is 6.92 Å². The van der Waals surface area contributed by atoms with Gasteiger partial charge in [-0.25, -0.2) is 4.79 Å². The van der Waals surface area contributed by atoms with Crippen molar-refractivity contribution in [2.24, 2.45) is 7.05 Å². The minimum absolute atomic E-state index is 0.163. The van der Waals surface area contributed by atoms with Gasteiger partial charge in [0.05, 0.1) is 30.3 Å². The minimum Gasteiger partial charge on any atom is -0.464 e. The van der Waals surface area contributed by atoms with E-state index in [2.05, 4.69) is 10.4 Å². The standard InChI is InChI=1S/C21H19ClN4O4/c1-12-18(19(21(28)29-3)25(2)24-12)23-20(27)16-10-17-15(8-9-30-17)26(16)11-13-6-4-5-7-14(13)22/h4-10H,11H2,1-3H3,(H,23,27). The number of esters is 1. The van der Waals surface area contributed by atoms with Gasteiger partial charge in [-0.05, 0) is 18.6 Å². The van der Waals surface area contributed by atoms with E-state index in [0.717, 1.165) is 11.1 Å². The molecule has 1 aromatic carbocycles. The number of halogens is 1. The second-order valence-electron chi connectivity index (χ2n) is 6.76. The molecule has 154 valence electrons. The Morgan fingerprint density at radius 1 is 1.27 bits per heavy atom. The van der Waals surface area contributed by atoms with Crippen LogP contribution < -0.4 is 5.32 Å². The van der Waals surface area contributed by atoms with Crippen molar-refractivity contribution in [1.82, 2.24) is 14.3 Å². The van der Waals surface area contributed by atoms with Crippen molar-refractivity contribution >= 4 is 40.3 Å². The third-order valence-electron chi connectivity index (χ3n) is 4.88. The zero-order chi connectivity index (χ0) is 21.4. The average Bonchev–Trinajstić information content (AvgIpc) is 3.38. The maximum atomic E-state index is 13.2. The highest BCUT2D eigenvalue weighted by Crippen LogP contribution is 2.27. The maximum Gasteiger partial charge on any atom is 0.358 e. The fraction of sp³-hybridized carbons (Fsp3) is 0.190. The highest BCUT2D eigenvalue weighted by molar-refractivity contribution is 6.31. The molecule has 1 N–H and O–H groups in total. The first kappa shape index (κ1) is 19.8. The molecular formula is C21H19ClN4O4. The molecule has 1 amide bonds. The first-order chi connectivity index (χ1) is 14.4. The van der Waals surface area contributed by atoms with Crippen LogP contribution in [0.1, 0.15) is 32.2 Å². The van der Waals surface area contributed by atoms with Crippen LogP contribution in [0.25, 0.3) is 11.1 Å². The zero-order valence-electron chi connectivity index (χ0n) is 16.6. The molecule has 0 saturated carbocycles. The van der Waals surface area contributed by atoms with Gasteiger partial charge in [-0.1, -0.05) is 29.8 Å². The number of hydrogen-bond donors (Lipinski definition) is 1. The van der Waals surface area contributed by atoms with E-state index in [0.29, 0.717) is 34.2 Å². The van der Waals surface area contributed by atoms with E-state index < -0.39 is 11.9 Å². The van der Waals surface area contributed by atoms with Crippen LogP contribution in [-0.4, -0.2) is 33.3 Å². The molecule has 4 rings (SSSR count). The molecule has 0 aliphatic rings. The molecule has 0 bridgehead atoms. The summed E-state index contributed by atoms with van der Waals surface area (Å²) in [4.78, 5) is 25.4. The van der Waals surface area contributed by atoms with Gasteiger partial charge < -0.3 is 19.0 Å². The van der Waals surface area contributed by atoms with E-state index in [-0.39, 0.29) is 5.69 Å². The molecule has 8 nitrogen and oxygen atoms in total. The lowest BCUT2D eigenvalue weighted by atomic mass is 10.2. The summed E-state index contributed by atoms with van der Waals surface area (Å²) in [6, 6.07) is 10.9. The minimum atomic E-state index is -0.589. The maximum absolute atomic E-state index is 13.2. The van der Waals surface area contributed by atoms with Gasteiger partial charge >= 0.3 is 5.97 Å². The van der Waals surface area contributed by atoms with Gasteiger partial charge in [0.15, 0.2) is 11.3 Å². The quantitative estimate of drug-likeness (QED) is 0.487. The number of benzene rings is 1. The summed E-state index contributed by atoms with van der Waals surface area (Å²) in [6.45, 7) is 2.08. The topological polar surface area (TPSA) is 91.3 Å². The number of fused-ring (bicyclic) bond motifs is 1. The van der Waals surface area contributed by atoms with Gasteiger partial charge in [0, 0.05) is 30.7 Å². The van der Waals surface area contributed by atoms with Gasteiger partial charge in [0.1, 0.15) is 5.69 Å². The number of rotatable bonds is 5. The summed E-state index contributed by atoms with van der Waals surface area (Å²) < 4.78 is 13.5. The monoisotopic (exact) mass is 426 g/mol. The third kappa shape index (κ3) is 3.35. The number of ether oxygens (including phenoxy) is 1. The molecule has 30 heavy (non-hydrogen) atoms. The average molecular weight is 427 g/mol. The number of carbonyl (C=O) groups is 2. The number of hydrogen-bond acceptors (Lipinski definition) is 5. The molecule has 9 heteroatoms. The second-order valence-corrected chi connectivity index (χ2v) is 7.16. The Morgan fingerprint density at radius 3 is 2.77 bits per heavy atom. The van der Waals surface area contributed by atoms with Crippen molar-refractivity contribution in [1.29, 1.82) is 0 Å². The number of nitrogens with zero attached hydrogens (tertiary/aromatic N) is 3. The third-order valence-corrected chi connectivity index (χ3v) is 5.25. The molecule has 0 fully saturated rings. The predicted molar refractivity (Wildman–Crippen MR) is 112 cm³/mol. The molecule has 3 heterocycles. The predicted octanol–water partition coefficient (Wildman–Crippen LogP) is 4.02. The number of methoxy groups -OCH3 is 1. The van der Waals surface area contributed by atoms with E-state index in [1.165, 1.54) is 11.8 Å². The number of aromatic nitrogens is 3. The molecule has 0 aliphatic heterocycles. The highest BCUT2D eigenvalue weighted by Gasteiger charge is 2.25. The molecule has 0 saturated heterocycles. The molecule has 0 spiro atoms. The van der Waals surface area contributed by atoms with E-state index in [4.69, 9.17) is 20.8 Å². The molecule has 0 aliphatic carbocycles. The molecule has 4 aromatic rings. The number of nitrogens with one attached hydrogen (secondary N) is 1. The Kier molecular flexibility index (Phi) is 5.09. The molecular weight excluding hydrogens is 408 g/mol. The highest BCUT2D eigenvalue weighted by atomic mass is 35.5. The van der Waals surface area contributed by atoms with Gasteiger partial charge in [-0.15, -0.1) is 0 Å². The lowest BCUT2D eigenvalue weighted by Gasteiger charge is -2.12. The van der Waals surface area contributed by atoms with Gasteiger partial charge in [-0.3, -0.25) is 9.48 Å². The summed E-state index contributed by atoms with van der Waals surface area (Å²) in [5.74, 6) is -0.997. The number of furan rings is 1. The summed E-state index contributed by atoms with van der Waals surface area (Å²) in [5.41, 5.74) is 3.52. The Bertz CT molecular complexity index is 1270. The first-order valence-electron chi connectivity index (χ1n) is 9.14. The number of anilines is 1. The Balaban J connectivity index is 1.74.